The summed E-state index contributed by atoms with van der Waals surface area (Å²) in [7, 11) is 0. The number of allylic oxidation sites excluding steroid dienone is 3. The Morgan fingerprint density at radius 2 is 0.866 bits per heavy atom. The largest absolute Gasteiger partial charge is 0.0795 e. The lowest BCUT2D eigenvalue weighted by atomic mass is 9.67. The van der Waals surface area contributed by atoms with E-state index in [1.165, 1.54) is 143 Å². The van der Waals surface area contributed by atoms with Crippen molar-refractivity contribution in [3.8, 4) is 44.5 Å². The van der Waals surface area contributed by atoms with Gasteiger partial charge in [-0.1, -0.05) is 206 Å². The Hall–Kier alpha value is -8.32. The third-order valence-corrected chi connectivity index (χ3v) is 15.7. The van der Waals surface area contributed by atoms with Crippen molar-refractivity contribution >= 4 is 65.5 Å². The van der Waals surface area contributed by atoms with E-state index in [1.54, 1.807) is 0 Å². The van der Waals surface area contributed by atoms with Crippen LogP contribution in [0.4, 0.5) is 0 Å². The third kappa shape index (κ3) is 5.19. The molecule has 0 spiro atoms. The first-order chi connectivity index (χ1) is 33.2. The standard InChI is InChI=1S/C67H42/c1-3-13-53(14-4-1)67(54-15-5-2-6-16-54)61-39-50(29-33-57(61)58-34-30-52(40-62(58)67)56-32-26-46-20-18-42-10-8-12-44-28-36-60(56)66(46)64(42)44)48-21-22-49-38-51(24-23-47(49)37-48)55-31-25-45-19-17-41-9-7-11-43-27-35-59(55)65(45)63(41)43/h1-9,11-19,21-40H,10,20H2. The average molecular weight is 847 g/mol. The van der Waals surface area contributed by atoms with Gasteiger partial charge in [-0.2, -0.15) is 0 Å². The van der Waals surface area contributed by atoms with E-state index >= 15 is 0 Å². The minimum atomic E-state index is -0.535. The van der Waals surface area contributed by atoms with Gasteiger partial charge in [-0.25, -0.2) is 0 Å². The van der Waals surface area contributed by atoms with Gasteiger partial charge >= 0.3 is 0 Å². The predicted octanol–water partition coefficient (Wildman–Crippen LogP) is 17.6. The Bertz CT molecular complexity index is 4070. The number of hydrogen-bond donors (Lipinski definition) is 0. The molecule has 0 aromatic heterocycles. The predicted molar refractivity (Wildman–Crippen MR) is 284 cm³/mol. The van der Waals surface area contributed by atoms with Crippen LogP contribution in [0, 0.1) is 0 Å². The minimum absolute atomic E-state index is 0.535. The van der Waals surface area contributed by atoms with Gasteiger partial charge in [-0.3, -0.25) is 0 Å². The highest BCUT2D eigenvalue weighted by atomic mass is 14.5. The van der Waals surface area contributed by atoms with Crippen LogP contribution in [0.25, 0.3) is 110 Å². The molecule has 0 radical (unpaired) electrons. The van der Waals surface area contributed by atoms with E-state index in [9.17, 15) is 0 Å². The van der Waals surface area contributed by atoms with E-state index in [1.807, 2.05) is 0 Å². The van der Waals surface area contributed by atoms with Crippen molar-refractivity contribution in [2.75, 3.05) is 0 Å². The quantitative estimate of drug-likeness (QED) is 0.151. The van der Waals surface area contributed by atoms with Crippen LogP contribution in [0.15, 0.2) is 224 Å². The monoisotopic (exact) mass is 846 g/mol. The summed E-state index contributed by atoms with van der Waals surface area (Å²) in [4.78, 5) is 0. The van der Waals surface area contributed by atoms with Crippen molar-refractivity contribution in [3.63, 3.8) is 0 Å². The fourth-order valence-electron chi connectivity index (χ4n) is 12.7. The van der Waals surface area contributed by atoms with E-state index < -0.39 is 5.41 Å². The SMILES string of the molecule is C1=Cc2ccc3c(-c4ccc5c(c4)C(c4ccccc4)(c4ccccc4)c4cc(-c6ccc7cc(-c8ccc9ccc%10cccc%11ccc8c9c%10%11)ccc7c6)ccc4-5)ccc4c3c2C(=CC4)C1. The van der Waals surface area contributed by atoms with Gasteiger partial charge in [0.2, 0.25) is 0 Å². The zero-order chi connectivity index (χ0) is 43.8. The molecule has 310 valence electrons. The molecule has 0 amide bonds. The molecular weight excluding hydrogens is 805 g/mol. The van der Waals surface area contributed by atoms with Crippen molar-refractivity contribution in [2.45, 2.75) is 18.3 Å². The minimum Gasteiger partial charge on any atom is -0.0795 e. The Labute approximate surface area is 389 Å². The van der Waals surface area contributed by atoms with E-state index in [-0.39, 0.29) is 0 Å². The van der Waals surface area contributed by atoms with Crippen LogP contribution < -0.4 is 0 Å². The summed E-state index contributed by atoms with van der Waals surface area (Å²) >= 11 is 0. The smallest absolute Gasteiger partial charge is 0.0713 e. The van der Waals surface area contributed by atoms with Gasteiger partial charge in [0, 0.05) is 0 Å². The van der Waals surface area contributed by atoms with Crippen LogP contribution in [-0.4, -0.2) is 0 Å². The summed E-state index contributed by atoms with van der Waals surface area (Å²) in [5, 5.41) is 13.2. The first-order valence-corrected chi connectivity index (χ1v) is 23.8. The van der Waals surface area contributed by atoms with E-state index in [2.05, 4.69) is 231 Å². The van der Waals surface area contributed by atoms with E-state index in [0.717, 1.165) is 12.8 Å². The zero-order valence-corrected chi connectivity index (χ0v) is 36.9. The van der Waals surface area contributed by atoms with Crippen molar-refractivity contribution in [1.29, 1.82) is 0 Å². The second-order valence-electron chi connectivity index (χ2n) is 19.0. The molecule has 3 aliphatic carbocycles. The first kappa shape index (κ1) is 37.0. The van der Waals surface area contributed by atoms with E-state index in [4.69, 9.17) is 0 Å². The number of fused-ring (bicyclic) bond motifs is 4. The zero-order valence-electron chi connectivity index (χ0n) is 36.9. The average Bonchev–Trinajstić information content (AvgIpc) is 3.69. The van der Waals surface area contributed by atoms with Gasteiger partial charge in [0.05, 0.1) is 5.41 Å². The van der Waals surface area contributed by atoms with Crippen molar-refractivity contribution in [1.82, 2.24) is 0 Å². The summed E-state index contributed by atoms with van der Waals surface area (Å²) in [6.45, 7) is 0. The molecule has 0 heterocycles. The van der Waals surface area contributed by atoms with Crippen molar-refractivity contribution in [3.05, 3.63) is 263 Å². The van der Waals surface area contributed by atoms with E-state index in [0.29, 0.717) is 0 Å². The maximum absolute atomic E-state index is 2.53. The molecule has 0 aliphatic heterocycles. The molecular formula is C67H42. The maximum atomic E-state index is 2.53. The van der Waals surface area contributed by atoms with Crippen molar-refractivity contribution < 1.29 is 0 Å². The van der Waals surface area contributed by atoms with Gasteiger partial charge < -0.3 is 0 Å². The first-order valence-electron chi connectivity index (χ1n) is 23.8. The summed E-state index contributed by atoms with van der Waals surface area (Å²) in [5.41, 5.74) is 20.4. The van der Waals surface area contributed by atoms with Gasteiger partial charge in [-0.15, -0.1) is 0 Å². The van der Waals surface area contributed by atoms with Crippen LogP contribution in [0.5, 0.6) is 0 Å². The fourth-order valence-corrected chi connectivity index (χ4v) is 12.7. The fraction of sp³-hybridized carbons (Fsp3) is 0.0448. The molecule has 12 aromatic carbocycles. The van der Waals surface area contributed by atoms with Gasteiger partial charge in [0.1, 0.15) is 0 Å². The lowest BCUT2D eigenvalue weighted by molar-refractivity contribution is 0.769. The summed E-state index contributed by atoms with van der Waals surface area (Å²) in [5.74, 6) is 0. The second kappa shape index (κ2) is 13.8. The van der Waals surface area contributed by atoms with Crippen LogP contribution in [0.3, 0.4) is 0 Å². The summed E-state index contributed by atoms with van der Waals surface area (Å²) in [6.07, 6.45) is 9.07. The highest BCUT2D eigenvalue weighted by Gasteiger charge is 2.46. The van der Waals surface area contributed by atoms with Crippen LogP contribution in [-0.2, 0) is 11.8 Å². The lowest BCUT2D eigenvalue weighted by Crippen LogP contribution is -2.28. The highest BCUT2D eigenvalue weighted by Crippen LogP contribution is 2.58. The number of rotatable bonds is 5. The van der Waals surface area contributed by atoms with Crippen LogP contribution in [0.2, 0.25) is 0 Å². The molecule has 67 heavy (non-hydrogen) atoms. The molecule has 0 atom stereocenters. The molecule has 0 unspecified atom stereocenters. The Kier molecular flexibility index (Phi) is 7.64. The van der Waals surface area contributed by atoms with Crippen LogP contribution >= 0.6 is 0 Å². The van der Waals surface area contributed by atoms with Gasteiger partial charge in [-0.05, 0) is 180 Å². The molecule has 0 bridgehead atoms. The molecule has 3 aliphatic rings. The lowest BCUT2D eigenvalue weighted by Gasteiger charge is -2.34. The molecule has 15 rings (SSSR count). The number of hydrogen-bond acceptors (Lipinski definition) is 0. The second-order valence-corrected chi connectivity index (χ2v) is 19.0. The molecule has 0 N–H and O–H groups in total. The topological polar surface area (TPSA) is 0 Å². The summed E-state index contributed by atoms with van der Waals surface area (Å²) < 4.78 is 0. The van der Waals surface area contributed by atoms with Crippen LogP contribution in [0.1, 0.15) is 45.4 Å². The summed E-state index contributed by atoms with van der Waals surface area (Å²) in [6, 6.07) is 80.9. The Balaban J connectivity index is 0.885. The molecule has 12 aromatic rings. The van der Waals surface area contributed by atoms with Gasteiger partial charge in [0.25, 0.3) is 0 Å². The normalized spacial score (nSPS) is 14.3. The Morgan fingerprint density at radius 1 is 0.343 bits per heavy atom. The molecule has 0 heteroatoms. The maximum Gasteiger partial charge on any atom is 0.0713 e. The molecule has 0 saturated heterocycles. The third-order valence-electron chi connectivity index (χ3n) is 15.7. The molecule has 0 nitrogen and oxygen atoms in total. The Morgan fingerprint density at radius 3 is 1.61 bits per heavy atom. The van der Waals surface area contributed by atoms with Gasteiger partial charge in [0.15, 0.2) is 0 Å². The molecule has 0 fully saturated rings. The number of benzene rings is 12. The van der Waals surface area contributed by atoms with Crippen molar-refractivity contribution in [2.24, 2.45) is 0 Å². The molecule has 0 saturated carbocycles. The highest BCUT2D eigenvalue weighted by molar-refractivity contribution is 6.25.